The van der Waals surface area contributed by atoms with Crippen LogP contribution in [0.1, 0.15) is 52.4 Å². The predicted octanol–water partition coefficient (Wildman–Crippen LogP) is 2.58. The van der Waals surface area contributed by atoms with Gasteiger partial charge in [-0.3, -0.25) is 4.79 Å². The minimum absolute atomic E-state index is 0.00254. The van der Waals surface area contributed by atoms with Gasteiger partial charge in [0.1, 0.15) is 6.04 Å². The highest BCUT2D eigenvalue weighted by Crippen LogP contribution is 2.23. The van der Waals surface area contributed by atoms with Crippen LogP contribution in [-0.2, 0) is 14.3 Å². The van der Waals surface area contributed by atoms with E-state index in [0.29, 0.717) is 6.42 Å². The van der Waals surface area contributed by atoms with Crippen molar-refractivity contribution >= 4 is 11.9 Å². The summed E-state index contributed by atoms with van der Waals surface area (Å²) in [6.07, 6.45) is 7.73. The summed E-state index contributed by atoms with van der Waals surface area (Å²) in [6, 6.07) is -0.561. The molecule has 1 atom stereocenters. The molecule has 108 valence electrons. The fourth-order valence-electron chi connectivity index (χ4n) is 2.36. The van der Waals surface area contributed by atoms with E-state index in [9.17, 15) is 9.59 Å². The van der Waals surface area contributed by atoms with Crippen LogP contribution in [0.25, 0.3) is 0 Å². The molecule has 19 heavy (non-hydrogen) atoms. The zero-order valence-electron chi connectivity index (χ0n) is 12.2. The first-order chi connectivity index (χ1) is 9.04. The van der Waals surface area contributed by atoms with E-state index in [2.05, 4.69) is 5.32 Å². The maximum Gasteiger partial charge on any atom is 0.328 e. The van der Waals surface area contributed by atoms with Crippen molar-refractivity contribution in [1.29, 1.82) is 0 Å². The number of carbonyl (C=O) groups is 2. The van der Waals surface area contributed by atoms with Gasteiger partial charge in [-0.25, -0.2) is 4.79 Å². The molecule has 0 bridgehead atoms. The lowest BCUT2D eigenvalue weighted by molar-refractivity contribution is -0.145. The fraction of sp³-hybridized carbons (Fsp3) is 0.733. The maximum atomic E-state index is 12.1. The Balaban J connectivity index is 2.57. The molecule has 1 rings (SSSR count). The topological polar surface area (TPSA) is 55.4 Å². The van der Waals surface area contributed by atoms with Crippen LogP contribution < -0.4 is 5.32 Å². The van der Waals surface area contributed by atoms with Crippen LogP contribution in [0.4, 0.5) is 0 Å². The fourth-order valence-corrected chi connectivity index (χ4v) is 2.36. The van der Waals surface area contributed by atoms with E-state index in [1.165, 1.54) is 13.5 Å². The molecule has 0 aromatic rings. The van der Waals surface area contributed by atoms with Gasteiger partial charge in [0.25, 0.3) is 0 Å². The second-order valence-electron chi connectivity index (χ2n) is 5.44. The Bertz CT molecular complexity index is 339. The highest BCUT2D eigenvalue weighted by atomic mass is 16.5. The van der Waals surface area contributed by atoms with Crippen molar-refractivity contribution in [3.63, 3.8) is 0 Å². The first-order valence-corrected chi connectivity index (χ1v) is 7.06. The molecule has 4 nitrogen and oxygen atoms in total. The summed E-state index contributed by atoms with van der Waals surface area (Å²) in [7, 11) is 1.35. The minimum Gasteiger partial charge on any atom is -0.467 e. The Labute approximate surface area is 115 Å². The normalized spacial score (nSPS) is 17.4. The molecular formula is C15H25NO3. The largest absolute Gasteiger partial charge is 0.467 e. The van der Waals surface area contributed by atoms with E-state index in [-0.39, 0.29) is 17.8 Å². The van der Waals surface area contributed by atoms with E-state index >= 15 is 0 Å². The van der Waals surface area contributed by atoms with E-state index in [0.717, 1.165) is 31.3 Å². The van der Waals surface area contributed by atoms with Crippen molar-refractivity contribution in [3.05, 3.63) is 11.6 Å². The molecule has 1 amide bonds. The summed E-state index contributed by atoms with van der Waals surface area (Å²) in [4.78, 5) is 23.8. The minimum atomic E-state index is -0.561. The average Bonchev–Trinajstić information content (AvgIpc) is 2.43. The number of esters is 1. The number of hydrogen-bond acceptors (Lipinski definition) is 3. The molecule has 0 aromatic heterocycles. The van der Waals surface area contributed by atoms with Crippen LogP contribution in [0.5, 0.6) is 0 Å². The Morgan fingerprint density at radius 2 is 1.89 bits per heavy atom. The zero-order chi connectivity index (χ0) is 14.3. The molecule has 1 saturated carbocycles. The van der Waals surface area contributed by atoms with Crippen molar-refractivity contribution in [1.82, 2.24) is 5.32 Å². The Hall–Kier alpha value is -1.32. The monoisotopic (exact) mass is 267 g/mol. The van der Waals surface area contributed by atoms with Gasteiger partial charge in [-0.1, -0.05) is 30.9 Å². The summed E-state index contributed by atoms with van der Waals surface area (Å²) in [5.74, 6) is -0.313. The van der Waals surface area contributed by atoms with Gasteiger partial charge in [-0.15, -0.1) is 0 Å². The molecule has 4 heteroatoms. The molecule has 1 N–H and O–H groups in total. The lowest BCUT2D eigenvalue weighted by atomic mass is 9.88. The van der Waals surface area contributed by atoms with Crippen LogP contribution >= 0.6 is 0 Å². The van der Waals surface area contributed by atoms with E-state index < -0.39 is 6.04 Å². The van der Waals surface area contributed by atoms with Gasteiger partial charge in [0.15, 0.2) is 0 Å². The molecule has 0 saturated heterocycles. The van der Waals surface area contributed by atoms with E-state index in [1.54, 1.807) is 0 Å². The Morgan fingerprint density at radius 3 is 2.42 bits per heavy atom. The zero-order valence-corrected chi connectivity index (χ0v) is 12.2. The highest BCUT2D eigenvalue weighted by Gasteiger charge is 2.26. The predicted molar refractivity (Wildman–Crippen MR) is 74.6 cm³/mol. The van der Waals surface area contributed by atoms with Crippen molar-refractivity contribution in [3.8, 4) is 0 Å². The lowest BCUT2D eigenvalue weighted by Gasteiger charge is -2.23. The SMILES string of the molecule is COC(=O)[C@H](CC=C(C)C)NC(=O)C1CCCCC1. The Morgan fingerprint density at radius 1 is 1.26 bits per heavy atom. The molecule has 0 radical (unpaired) electrons. The van der Waals surface area contributed by atoms with Gasteiger partial charge >= 0.3 is 5.97 Å². The van der Waals surface area contributed by atoms with Gasteiger partial charge in [0, 0.05) is 5.92 Å². The standard InChI is InChI=1S/C15H25NO3/c1-11(2)9-10-13(15(18)19-3)16-14(17)12-7-5-4-6-8-12/h9,12-13H,4-8,10H2,1-3H3,(H,16,17)/t13-/m0/s1. The number of ether oxygens (including phenoxy) is 1. The molecule has 0 heterocycles. The van der Waals surface area contributed by atoms with Crippen LogP contribution in [0, 0.1) is 5.92 Å². The molecule has 0 aromatic carbocycles. The maximum absolute atomic E-state index is 12.1. The molecule has 1 aliphatic carbocycles. The van der Waals surface area contributed by atoms with Gasteiger partial charge in [-0.2, -0.15) is 0 Å². The average molecular weight is 267 g/mol. The number of methoxy groups -OCH3 is 1. The van der Waals surface area contributed by atoms with Crippen LogP contribution in [-0.4, -0.2) is 25.0 Å². The number of nitrogens with one attached hydrogen (secondary N) is 1. The quantitative estimate of drug-likeness (QED) is 0.615. The smallest absolute Gasteiger partial charge is 0.328 e. The second-order valence-corrected chi connectivity index (χ2v) is 5.44. The van der Waals surface area contributed by atoms with Crippen LogP contribution in [0.3, 0.4) is 0 Å². The van der Waals surface area contributed by atoms with Crippen molar-refractivity contribution in [2.45, 2.75) is 58.4 Å². The van der Waals surface area contributed by atoms with Gasteiger partial charge < -0.3 is 10.1 Å². The summed E-state index contributed by atoms with van der Waals surface area (Å²) in [5.41, 5.74) is 1.13. The third kappa shape index (κ3) is 5.45. The first kappa shape index (κ1) is 15.7. The van der Waals surface area contributed by atoms with Crippen LogP contribution in [0.2, 0.25) is 0 Å². The van der Waals surface area contributed by atoms with Crippen molar-refractivity contribution < 1.29 is 14.3 Å². The van der Waals surface area contributed by atoms with Crippen molar-refractivity contribution in [2.75, 3.05) is 7.11 Å². The highest BCUT2D eigenvalue weighted by molar-refractivity contribution is 5.85. The van der Waals surface area contributed by atoms with Crippen LogP contribution in [0.15, 0.2) is 11.6 Å². The number of rotatable bonds is 5. The van der Waals surface area contributed by atoms with E-state index in [1.807, 2.05) is 19.9 Å². The third-order valence-electron chi connectivity index (χ3n) is 3.54. The molecule has 1 aliphatic rings. The number of amides is 1. The molecule has 0 unspecified atom stereocenters. The summed E-state index contributed by atoms with van der Waals surface area (Å²) >= 11 is 0. The molecule has 0 aliphatic heterocycles. The first-order valence-electron chi connectivity index (χ1n) is 7.06. The number of hydrogen-bond donors (Lipinski definition) is 1. The van der Waals surface area contributed by atoms with Gasteiger partial charge in [-0.05, 0) is 33.1 Å². The van der Waals surface area contributed by atoms with Gasteiger partial charge in [0.2, 0.25) is 5.91 Å². The summed E-state index contributed by atoms with van der Waals surface area (Å²) in [5, 5.41) is 2.83. The van der Waals surface area contributed by atoms with Gasteiger partial charge in [0.05, 0.1) is 7.11 Å². The molecule has 1 fully saturated rings. The molecule has 0 spiro atoms. The van der Waals surface area contributed by atoms with Crippen molar-refractivity contribution in [2.24, 2.45) is 5.92 Å². The molecular weight excluding hydrogens is 242 g/mol. The second kappa shape index (κ2) is 7.97. The Kier molecular flexibility index (Phi) is 6.60. The lowest BCUT2D eigenvalue weighted by Crippen LogP contribution is -2.44. The number of allylic oxidation sites excluding steroid dienone is 1. The summed E-state index contributed by atoms with van der Waals surface area (Å²) < 4.78 is 4.75. The third-order valence-corrected chi connectivity index (χ3v) is 3.54. The summed E-state index contributed by atoms with van der Waals surface area (Å²) in [6.45, 7) is 3.94. The van der Waals surface area contributed by atoms with E-state index in [4.69, 9.17) is 4.74 Å². The number of carbonyl (C=O) groups excluding carboxylic acids is 2.